The molecule has 0 bridgehead atoms. The lowest BCUT2D eigenvalue weighted by atomic mass is 10.1. The zero-order valence-corrected chi connectivity index (χ0v) is 21.7. The number of hydrogen-bond donors (Lipinski definition) is 1. The van der Waals surface area contributed by atoms with Crippen LogP contribution in [-0.4, -0.2) is 39.8 Å². The second-order valence-electron chi connectivity index (χ2n) is 9.40. The predicted molar refractivity (Wildman–Crippen MR) is 145 cm³/mol. The standard InChI is InChI=1S/C28H23Cl2N3O5/c29-22-4-1-7-31-27(22)38-15-19-3-2-8-32(19)25-11-24-20(10-23(25)30)26(34)21(28(35)36)12-33(24)18-6-5-16-13-37-14-17(16)9-18/h1,4-7,9-12,19H,2-3,8,13-15H2,(H,35,36)/t19-/m1/s1. The van der Waals surface area contributed by atoms with Crippen LogP contribution in [-0.2, 0) is 18.0 Å². The molecule has 0 aliphatic carbocycles. The molecule has 1 atom stereocenters. The van der Waals surface area contributed by atoms with Crippen molar-refractivity contribution in [3.63, 3.8) is 0 Å². The summed E-state index contributed by atoms with van der Waals surface area (Å²) in [6.45, 7) is 2.15. The molecule has 10 heteroatoms. The molecule has 2 aliphatic heterocycles. The molecule has 1 N–H and O–H groups in total. The number of halogens is 2. The number of fused-ring (bicyclic) bond motifs is 2. The average Bonchev–Trinajstić information content (AvgIpc) is 3.57. The summed E-state index contributed by atoms with van der Waals surface area (Å²) in [4.78, 5) is 31.5. The molecule has 4 aromatic rings. The highest BCUT2D eigenvalue weighted by atomic mass is 35.5. The second-order valence-corrected chi connectivity index (χ2v) is 10.2. The van der Waals surface area contributed by atoms with E-state index in [-0.39, 0.29) is 17.0 Å². The van der Waals surface area contributed by atoms with Crippen LogP contribution < -0.4 is 15.1 Å². The Balaban J connectivity index is 1.44. The number of nitrogens with zero attached hydrogens (tertiary/aromatic N) is 3. The minimum absolute atomic E-state index is 0.0126. The largest absolute Gasteiger partial charge is 0.477 e. The van der Waals surface area contributed by atoms with Gasteiger partial charge in [-0.2, -0.15) is 0 Å². The molecule has 1 saturated heterocycles. The molecule has 1 fully saturated rings. The van der Waals surface area contributed by atoms with E-state index in [4.69, 9.17) is 32.7 Å². The third-order valence-corrected chi connectivity index (χ3v) is 7.70. The van der Waals surface area contributed by atoms with Gasteiger partial charge in [0.1, 0.15) is 17.2 Å². The van der Waals surface area contributed by atoms with Gasteiger partial charge in [-0.1, -0.05) is 29.3 Å². The molecule has 2 aliphatic rings. The molecule has 6 rings (SSSR count). The first-order valence-corrected chi connectivity index (χ1v) is 13.0. The number of benzene rings is 2. The maximum atomic E-state index is 13.2. The number of carbonyl (C=O) groups is 1. The lowest BCUT2D eigenvalue weighted by Crippen LogP contribution is -2.34. The number of carboxylic acid groups (broad SMARTS) is 1. The van der Waals surface area contributed by atoms with Crippen molar-refractivity contribution in [3.8, 4) is 11.6 Å². The highest BCUT2D eigenvalue weighted by Crippen LogP contribution is 2.36. The maximum absolute atomic E-state index is 13.2. The molecule has 8 nitrogen and oxygen atoms in total. The van der Waals surface area contributed by atoms with Crippen molar-refractivity contribution in [2.45, 2.75) is 32.1 Å². The van der Waals surface area contributed by atoms with E-state index >= 15 is 0 Å². The summed E-state index contributed by atoms with van der Waals surface area (Å²) in [5.74, 6) is -0.915. The van der Waals surface area contributed by atoms with E-state index in [1.807, 2.05) is 24.3 Å². The Morgan fingerprint density at radius 3 is 2.79 bits per heavy atom. The maximum Gasteiger partial charge on any atom is 0.341 e. The zero-order valence-electron chi connectivity index (χ0n) is 20.2. The first kappa shape index (κ1) is 24.7. The van der Waals surface area contributed by atoms with Crippen LogP contribution in [0.2, 0.25) is 10.0 Å². The number of pyridine rings is 2. The summed E-state index contributed by atoms with van der Waals surface area (Å²) in [6, 6.07) is 12.8. The molecule has 0 amide bonds. The summed E-state index contributed by atoms with van der Waals surface area (Å²) in [6.07, 6.45) is 4.84. The lowest BCUT2D eigenvalue weighted by Gasteiger charge is -2.28. The van der Waals surface area contributed by atoms with Gasteiger partial charge in [0.2, 0.25) is 11.3 Å². The van der Waals surface area contributed by atoms with Crippen molar-refractivity contribution in [1.29, 1.82) is 0 Å². The molecule has 38 heavy (non-hydrogen) atoms. The minimum Gasteiger partial charge on any atom is -0.477 e. The van der Waals surface area contributed by atoms with Crippen molar-refractivity contribution in [2.75, 3.05) is 18.1 Å². The van der Waals surface area contributed by atoms with E-state index in [2.05, 4.69) is 9.88 Å². The topological polar surface area (TPSA) is 93.9 Å². The van der Waals surface area contributed by atoms with Crippen LogP contribution in [0.3, 0.4) is 0 Å². The van der Waals surface area contributed by atoms with Crippen LogP contribution in [0.25, 0.3) is 16.6 Å². The zero-order chi connectivity index (χ0) is 26.4. The van der Waals surface area contributed by atoms with Crippen LogP contribution >= 0.6 is 23.2 Å². The molecule has 0 spiro atoms. The average molecular weight is 552 g/mol. The highest BCUT2D eigenvalue weighted by molar-refractivity contribution is 6.34. The van der Waals surface area contributed by atoms with Gasteiger partial charge in [-0.15, -0.1) is 0 Å². The third kappa shape index (κ3) is 4.38. The van der Waals surface area contributed by atoms with Crippen molar-refractivity contribution < 1.29 is 19.4 Å². The lowest BCUT2D eigenvalue weighted by molar-refractivity contribution is 0.0695. The van der Waals surface area contributed by atoms with Gasteiger partial charge >= 0.3 is 5.97 Å². The molecule has 2 aromatic heterocycles. The Labute approximate surface area is 227 Å². The van der Waals surface area contributed by atoms with Gasteiger partial charge in [0.25, 0.3) is 0 Å². The summed E-state index contributed by atoms with van der Waals surface area (Å²) < 4.78 is 13.2. The van der Waals surface area contributed by atoms with Crippen molar-refractivity contribution in [2.24, 2.45) is 0 Å². The van der Waals surface area contributed by atoms with Gasteiger partial charge in [0.15, 0.2) is 0 Å². The second kappa shape index (κ2) is 9.94. The molecular weight excluding hydrogens is 529 g/mol. The van der Waals surface area contributed by atoms with Crippen molar-refractivity contribution in [1.82, 2.24) is 9.55 Å². The number of carboxylic acids is 1. The SMILES string of the molecule is O=C(O)c1cn(-c2ccc3c(c2)COC3)c2cc(N3CCC[C@@H]3COc3ncccc3Cl)c(Cl)cc2c1=O. The van der Waals surface area contributed by atoms with Crippen molar-refractivity contribution in [3.05, 3.63) is 91.8 Å². The van der Waals surface area contributed by atoms with Gasteiger partial charge in [-0.05, 0) is 60.4 Å². The number of hydrogen-bond acceptors (Lipinski definition) is 6. The highest BCUT2D eigenvalue weighted by Gasteiger charge is 2.29. The van der Waals surface area contributed by atoms with E-state index in [9.17, 15) is 14.7 Å². The number of anilines is 1. The summed E-state index contributed by atoms with van der Waals surface area (Å²) >= 11 is 13.0. The number of ether oxygens (including phenoxy) is 2. The smallest absolute Gasteiger partial charge is 0.341 e. The molecule has 2 aromatic carbocycles. The van der Waals surface area contributed by atoms with E-state index in [1.165, 1.54) is 6.20 Å². The van der Waals surface area contributed by atoms with E-state index in [1.54, 1.807) is 29.0 Å². The quantitative estimate of drug-likeness (QED) is 0.339. The van der Waals surface area contributed by atoms with Crippen molar-refractivity contribution >= 4 is 45.8 Å². The summed E-state index contributed by atoms with van der Waals surface area (Å²) in [5, 5.41) is 10.8. The third-order valence-electron chi connectivity index (χ3n) is 7.11. The van der Waals surface area contributed by atoms with Crippen LogP contribution in [0.5, 0.6) is 5.88 Å². The van der Waals surface area contributed by atoms with Crippen LogP contribution in [0.4, 0.5) is 5.69 Å². The minimum atomic E-state index is -1.29. The van der Waals surface area contributed by atoms with Gasteiger partial charge in [-0.25, -0.2) is 9.78 Å². The van der Waals surface area contributed by atoms with Gasteiger partial charge < -0.3 is 24.0 Å². The molecule has 0 radical (unpaired) electrons. The number of rotatable bonds is 6. The fourth-order valence-corrected chi connectivity index (χ4v) is 5.66. The Hall–Kier alpha value is -3.59. The molecular formula is C28H23Cl2N3O5. The number of aromatic carboxylic acids is 1. The number of aromatic nitrogens is 2. The predicted octanol–water partition coefficient (Wildman–Crippen LogP) is 5.47. The summed E-state index contributed by atoms with van der Waals surface area (Å²) in [7, 11) is 0. The Morgan fingerprint density at radius 1 is 1.13 bits per heavy atom. The van der Waals surface area contributed by atoms with Gasteiger partial charge in [-0.3, -0.25) is 4.79 Å². The molecule has 4 heterocycles. The van der Waals surface area contributed by atoms with E-state index in [0.717, 1.165) is 41.9 Å². The first-order valence-electron chi connectivity index (χ1n) is 12.2. The Kier molecular flexibility index (Phi) is 6.47. The fourth-order valence-electron chi connectivity index (χ4n) is 5.21. The molecule has 0 unspecified atom stereocenters. The molecule has 194 valence electrons. The van der Waals surface area contributed by atoms with Crippen LogP contribution in [0.15, 0.2) is 59.7 Å². The van der Waals surface area contributed by atoms with E-state index < -0.39 is 11.4 Å². The normalized spacial score (nSPS) is 16.7. The Bertz CT molecular complexity index is 1640. The molecule has 0 saturated carbocycles. The van der Waals surface area contributed by atoms with Gasteiger partial charge in [0, 0.05) is 30.0 Å². The first-order chi connectivity index (χ1) is 18.4. The van der Waals surface area contributed by atoms with Crippen LogP contribution in [0.1, 0.15) is 34.3 Å². The van der Waals surface area contributed by atoms with Crippen LogP contribution in [0, 0.1) is 0 Å². The van der Waals surface area contributed by atoms with Gasteiger partial charge in [0.05, 0.1) is 35.5 Å². The summed E-state index contributed by atoms with van der Waals surface area (Å²) in [5.41, 5.74) is 3.28. The fraction of sp³-hybridized carbons (Fsp3) is 0.250. The van der Waals surface area contributed by atoms with E-state index in [0.29, 0.717) is 41.3 Å². The monoisotopic (exact) mass is 551 g/mol. The Morgan fingerprint density at radius 2 is 1.97 bits per heavy atom.